The minimum absolute atomic E-state index is 0.206. The van der Waals surface area contributed by atoms with Crippen LogP contribution in [0.4, 0.5) is 5.82 Å². The molecule has 0 spiro atoms. The van der Waals surface area contributed by atoms with Crippen LogP contribution >= 0.6 is 0 Å². The predicted octanol–water partition coefficient (Wildman–Crippen LogP) is 0.815. The van der Waals surface area contributed by atoms with Crippen molar-refractivity contribution in [1.82, 2.24) is 9.97 Å². The Hall–Kier alpha value is -2.61. The Bertz CT molecular complexity index is 622. The standard InChI is InChI=1S/C12H10N4O/c13-7-9-3-1-8(2-4-9)5-11-15-10(14)6-12(17)16-11/h1-4,6H,5H2,(H3,14,15,16,17). The van der Waals surface area contributed by atoms with Gasteiger partial charge in [-0.1, -0.05) is 12.1 Å². The van der Waals surface area contributed by atoms with E-state index in [0.717, 1.165) is 5.56 Å². The Morgan fingerprint density at radius 3 is 2.65 bits per heavy atom. The number of H-pyrrole nitrogens is 1. The lowest BCUT2D eigenvalue weighted by molar-refractivity contribution is 0.952. The third-order valence-electron chi connectivity index (χ3n) is 2.27. The van der Waals surface area contributed by atoms with Gasteiger partial charge in [-0.3, -0.25) is 4.79 Å². The maximum absolute atomic E-state index is 11.2. The van der Waals surface area contributed by atoms with Crippen molar-refractivity contribution in [3.63, 3.8) is 0 Å². The second-order valence-corrected chi connectivity index (χ2v) is 3.60. The minimum atomic E-state index is -0.263. The molecule has 3 N–H and O–H groups in total. The van der Waals surface area contributed by atoms with E-state index in [1.807, 2.05) is 18.2 Å². The fourth-order valence-electron chi connectivity index (χ4n) is 1.50. The Kier molecular flexibility index (Phi) is 2.88. The number of nitrogens with zero attached hydrogens (tertiary/aromatic N) is 2. The van der Waals surface area contributed by atoms with Gasteiger partial charge in [0.15, 0.2) is 0 Å². The molecule has 2 rings (SSSR count). The smallest absolute Gasteiger partial charge is 0.252 e. The Labute approximate surface area is 97.6 Å². The van der Waals surface area contributed by atoms with Gasteiger partial charge in [0.1, 0.15) is 11.6 Å². The van der Waals surface area contributed by atoms with Crippen molar-refractivity contribution in [2.24, 2.45) is 0 Å². The van der Waals surface area contributed by atoms with E-state index in [0.29, 0.717) is 17.8 Å². The number of nitrogens with one attached hydrogen (secondary N) is 1. The van der Waals surface area contributed by atoms with Crippen LogP contribution in [-0.2, 0) is 6.42 Å². The normalized spacial score (nSPS) is 9.82. The summed E-state index contributed by atoms with van der Waals surface area (Å²) in [4.78, 5) is 17.8. The van der Waals surface area contributed by atoms with Crippen LogP contribution in [0.3, 0.4) is 0 Å². The summed E-state index contributed by atoms with van der Waals surface area (Å²) in [7, 11) is 0. The summed E-state index contributed by atoms with van der Waals surface area (Å²) in [5.74, 6) is 0.720. The molecule has 17 heavy (non-hydrogen) atoms. The molecule has 0 aliphatic carbocycles. The first-order chi connectivity index (χ1) is 8.17. The van der Waals surface area contributed by atoms with Crippen molar-refractivity contribution in [3.8, 4) is 6.07 Å². The molecule has 0 amide bonds. The summed E-state index contributed by atoms with van der Waals surface area (Å²) < 4.78 is 0. The largest absolute Gasteiger partial charge is 0.383 e. The third kappa shape index (κ3) is 2.69. The monoisotopic (exact) mass is 226 g/mol. The molecule has 84 valence electrons. The highest BCUT2D eigenvalue weighted by atomic mass is 16.1. The van der Waals surface area contributed by atoms with Crippen LogP contribution in [0, 0.1) is 11.3 Å². The van der Waals surface area contributed by atoms with Crippen LogP contribution in [0.25, 0.3) is 0 Å². The van der Waals surface area contributed by atoms with Crippen molar-refractivity contribution < 1.29 is 0 Å². The lowest BCUT2D eigenvalue weighted by Crippen LogP contribution is -2.12. The van der Waals surface area contributed by atoms with E-state index in [1.54, 1.807) is 12.1 Å². The number of nitrogen functional groups attached to an aromatic ring is 1. The van der Waals surface area contributed by atoms with Gasteiger partial charge in [-0.15, -0.1) is 0 Å². The SMILES string of the molecule is N#Cc1ccc(Cc2nc(N)cc(=O)[nH]2)cc1. The molecular weight excluding hydrogens is 216 g/mol. The van der Waals surface area contributed by atoms with Gasteiger partial charge in [0.05, 0.1) is 11.6 Å². The first-order valence-electron chi connectivity index (χ1n) is 5.02. The number of nitriles is 1. The van der Waals surface area contributed by atoms with E-state index in [4.69, 9.17) is 11.0 Å². The summed E-state index contributed by atoms with van der Waals surface area (Å²) in [6.45, 7) is 0. The maximum atomic E-state index is 11.2. The van der Waals surface area contributed by atoms with Crippen LogP contribution in [0.5, 0.6) is 0 Å². The van der Waals surface area contributed by atoms with Gasteiger partial charge in [0, 0.05) is 12.5 Å². The van der Waals surface area contributed by atoms with Gasteiger partial charge < -0.3 is 10.7 Å². The Balaban J connectivity index is 2.25. The van der Waals surface area contributed by atoms with Crippen molar-refractivity contribution in [3.05, 3.63) is 57.6 Å². The Morgan fingerprint density at radius 1 is 1.35 bits per heavy atom. The molecule has 0 unspecified atom stereocenters. The minimum Gasteiger partial charge on any atom is -0.383 e. The molecule has 0 aliphatic heterocycles. The summed E-state index contributed by atoms with van der Waals surface area (Å²) in [6, 6.07) is 10.4. The molecule has 1 aromatic heterocycles. The van der Waals surface area contributed by atoms with Gasteiger partial charge in [-0.25, -0.2) is 4.98 Å². The van der Waals surface area contributed by atoms with Crippen LogP contribution in [0.15, 0.2) is 35.1 Å². The van der Waals surface area contributed by atoms with Gasteiger partial charge >= 0.3 is 0 Å². The molecule has 1 aromatic carbocycles. The average molecular weight is 226 g/mol. The molecule has 0 saturated heterocycles. The highest BCUT2D eigenvalue weighted by Crippen LogP contribution is 2.07. The number of anilines is 1. The van der Waals surface area contributed by atoms with Gasteiger partial charge in [-0.2, -0.15) is 5.26 Å². The predicted molar refractivity (Wildman–Crippen MR) is 63.2 cm³/mol. The zero-order valence-electron chi connectivity index (χ0n) is 8.97. The fraction of sp³-hybridized carbons (Fsp3) is 0.0833. The maximum Gasteiger partial charge on any atom is 0.252 e. The zero-order valence-corrected chi connectivity index (χ0v) is 8.97. The molecule has 5 heteroatoms. The number of aromatic nitrogens is 2. The lowest BCUT2D eigenvalue weighted by atomic mass is 10.1. The molecule has 1 heterocycles. The molecule has 0 fully saturated rings. The highest BCUT2D eigenvalue weighted by Gasteiger charge is 2.01. The fourth-order valence-corrected chi connectivity index (χ4v) is 1.50. The Morgan fingerprint density at radius 2 is 2.06 bits per heavy atom. The quantitative estimate of drug-likeness (QED) is 0.792. The van der Waals surface area contributed by atoms with Gasteiger partial charge in [0.25, 0.3) is 5.56 Å². The number of nitrogens with two attached hydrogens (primary N) is 1. The van der Waals surface area contributed by atoms with E-state index in [1.165, 1.54) is 6.07 Å². The molecule has 0 atom stereocenters. The number of hydrogen-bond donors (Lipinski definition) is 2. The van der Waals surface area contributed by atoms with Crippen molar-refractivity contribution >= 4 is 5.82 Å². The summed E-state index contributed by atoms with van der Waals surface area (Å²) in [5.41, 5.74) is 6.78. The zero-order chi connectivity index (χ0) is 12.3. The van der Waals surface area contributed by atoms with Crippen molar-refractivity contribution in [2.45, 2.75) is 6.42 Å². The third-order valence-corrected chi connectivity index (χ3v) is 2.27. The average Bonchev–Trinajstić information content (AvgIpc) is 2.28. The first kappa shape index (κ1) is 10.9. The van der Waals surface area contributed by atoms with Crippen LogP contribution in [0.1, 0.15) is 17.0 Å². The molecular formula is C12H10N4O. The second kappa shape index (κ2) is 4.49. The molecule has 0 saturated carbocycles. The number of rotatable bonds is 2. The number of aromatic amines is 1. The van der Waals surface area contributed by atoms with Crippen LogP contribution < -0.4 is 11.3 Å². The van der Waals surface area contributed by atoms with Crippen molar-refractivity contribution in [2.75, 3.05) is 5.73 Å². The van der Waals surface area contributed by atoms with Crippen molar-refractivity contribution in [1.29, 1.82) is 5.26 Å². The number of benzene rings is 1. The van der Waals surface area contributed by atoms with E-state index < -0.39 is 0 Å². The van der Waals surface area contributed by atoms with E-state index in [2.05, 4.69) is 9.97 Å². The second-order valence-electron chi connectivity index (χ2n) is 3.60. The topological polar surface area (TPSA) is 95.6 Å². The van der Waals surface area contributed by atoms with Crippen LogP contribution in [0.2, 0.25) is 0 Å². The lowest BCUT2D eigenvalue weighted by Gasteiger charge is -2.02. The molecule has 2 aromatic rings. The first-order valence-corrected chi connectivity index (χ1v) is 5.02. The molecule has 0 aliphatic rings. The molecule has 5 nitrogen and oxygen atoms in total. The van der Waals surface area contributed by atoms with Gasteiger partial charge in [-0.05, 0) is 17.7 Å². The van der Waals surface area contributed by atoms with Crippen LogP contribution in [-0.4, -0.2) is 9.97 Å². The molecule has 0 radical (unpaired) electrons. The van der Waals surface area contributed by atoms with E-state index in [-0.39, 0.29) is 11.4 Å². The van der Waals surface area contributed by atoms with Gasteiger partial charge in [0.2, 0.25) is 0 Å². The highest BCUT2D eigenvalue weighted by molar-refractivity contribution is 5.33. The number of hydrogen-bond acceptors (Lipinski definition) is 4. The summed E-state index contributed by atoms with van der Waals surface area (Å²) in [6.07, 6.45) is 0.478. The van der Waals surface area contributed by atoms with E-state index >= 15 is 0 Å². The summed E-state index contributed by atoms with van der Waals surface area (Å²) >= 11 is 0. The molecule has 0 bridgehead atoms. The van der Waals surface area contributed by atoms with E-state index in [9.17, 15) is 4.79 Å². The summed E-state index contributed by atoms with van der Waals surface area (Å²) in [5, 5.41) is 8.66.